The van der Waals surface area contributed by atoms with Crippen LogP contribution in [0.3, 0.4) is 0 Å². The smallest absolute Gasteiger partial charge is 0.224 e. The lowest BCUT2D eigenvalue weighted by Crippen LogP contribution is -2.44. The topological polar surface area (TPSA) is 87.5 Å². The molecule has 0 bridgehead atoms. The molecule has 1 fully saturated rings. The molecular weight excluding hydrogens is 392 g/mol. The Morgan fingerprint density at radius 2 is 1.94 bits per heavy atom. The van der Waals surface area contributed by atoms with E-state index in [4.69, 9.17) is 0 Å². The summed E-state index contributed by atoms with van der Waals surface area (Å²) < 4.78 is 1.78. The highest BCUT2D eigenvalue weighted by molar-refractivity contribution is 5.76. The second-order valence-corrected chi connectivity index (χ2v) is 8.74. The van der Waals surface area contributed by atoms with Gasteiger partial charge in [0, 0.05) is 45.1 Å². The van der Waals surface area contributed by atoms with Gasteiger partial charge in [0.1, 0.15) is 0 Å². The second-order valence-electron chi connectivity index (χ2n) is 8.74. The molecule has 1 saturated carbocycles. The Kier molecular flexibility index (Phi) is 7.49. The highest BCUT2D eigenvalue weighted by atomic mass is 16.3. The van der Waals surface area contributed by atoms with E-state index in [9.17, 15) is 14.7 Å². The first-order valence-electron chi connectivity index (χ1n) is 11.0. The zero-order valence-corrected chi connectivity index (χ0v) is 18.8. The molecule has 1 aromatic heterocycles. The van der Waals surface area contributed by atoms with Crippen LogP contribution < -0.4 is 5.32 Å². The molecular formula is C24H34N4O3. The van der Waals surface area contributed by atoms with E-state index in [0.29, 0.717) is 32.4 Å². The standard InChI is InChI=1S/C24H34N4O3/c1-18-11-15-28(26-18)16-12-23(31)27(3)21-9-13-24(14-10-22(21)30,17-25-19(2)29)20-7-5-4-6-8-20/h4-8,11,15,21-22,30H,9-10,12-14,16-17H2,1-3H3,(H,25,29)/t21-,22-,24-/m1/s1. The van der Waals surface area contributed by atoms with Gasteiger partial charge in [-0.2, -0.15) is 5.10 Å². The van der Waals surface area contributed by atoms with Crippen LogP contribution in [0.4, 0.5) is 0 Å². The lowest BCUT2D eigenvalue weighted by Gasteiger charge is -2.34. The molecule has 1 aliphatic rings. The van der Waals surface area contributed by atoms with Crippen LogP contribution in [0.5, 0.6) is 0 Å². The van der Waals surface area contributed by atoms with Crippen molar-refractivity contribution in [3.8, 4) is 0 Å². The molecule has 0 saturated heterocycles. The number of nitrogens with zero attached hydrogens (tertiary/aromatic N) is 3. The van der Waals surface area contributed by atoms with Crippen LogP contribution in [0.15, 0.2) is 42.6 Å². The van der Waals surface area contributed by atoms with Crippen molar-refractivity contribution in [3.05, 3.63) is 53.9 Å². The highest BCUT2D eigenvalue weighted by Crippen LogP contribution is 2.39. The van der Waals surface area contributed by atoms with Crippen molar-refractivity contribution in [2.45, 2.75) is 70.1 Å². The molecule has 3 rings (SSSR count). The molecule has 31 heavy (non-hydrogen) atoms. The molecule has 0 unspecified atom stereocenters. The molecule has 2 N–H and O–H groups in total. The van der Waals surface area contributed by atoms with E-state index in [-0.39, 0.29) is 23.3 Å². The highest BCUT2D eigenvalue weighted by Gasteiger charge is 2.39. The molecule has 0 aliphatic heterocycles. The summed E-state index contributed by atoms with van der Waals surface area (Å²) in [6.45, 7) is 4.51. The average molecular weight is 427 g/mol. The third-order valence-corrected chi connectivity index (χ3v) is 6.56. The van der Waals surface area contributed by atoms with Crippen molar-refractivity contribution in [1.29, 1.82) is 0 Å². The van der Waals surface area contributed by atoms with E-state index in [1.807, 2.05) is 37.4 Å². The first-order chi connectivity index (χ1) is 14.8. The molecule has 3 atom stereocenters. The van der Waals surface area contributed by atoms with Gasteiger partial charge in [-0.3, -0.25) is 14.3 Å². The fraction of sp³-hybridized carbons (Fsp3) is 0.542. The Balaban J connectivity index is 1.70. The lowest BCUT2D eigenvalue weighted by atomic mass is 9.74. The van der Waals surface area contributed by atoms with Gasteiger partial charge in [-0.25, -0.2) is 0 Å². The number of benzene rings is 1. The van der Waals surface area contributed by atoms with Gasteiger partial charge in [0.15, 0.2) is 0 Å². The number of hydrogen-bond acceptors (Lipinski definition) is 4. The van der Waals surface area contributed by atoms with Gasteiger partial charge in [-0.15, -0.1) is 0 Å². The molecule has 1 aliphatic carbocycles. The Morgan fingerprint density at radius 1 is 1.23 bits per heavy atom. The van der Waals surface area contributed by atoms with Crippen molar-refractivity contribution < 1.29 is 14.7 Å². The summed E-state index contributed by atoms with van der Waals surface area (Å²) >= 11 is 0. The Labute approximate surface area is 184 Å². The number of hydrogen-bond donors (Lipinski definition) is 2. The van der Waals surface area contributed by atoms with Gasteiger partial charge in [0.05, 0.1) is 17.8 Å². The number of rotatable bonds is 7. The number of likely N-dealkylation sites (N-methyl/N-ethyl adjacent to an activating group) is 1. The van der Waals surface area contributed by atoms with Crippen molar-refractivity contribution in [2.24, 2.45) is 0 Å². The lowest BCUT2D eigenvalue weighted by molar-refractivity contribution is -0.134. The van der Waals surface area contributed by atoms with Crippen LogP contribution in [0.1, 0.15) is 50.3 Å². The Hall–Kier alpha value is -2.67. The van der Waals surface area contributed by atoms with Crippen molar-refractivity contribution in [2.75, 3.05) is 13.6 Å². The first-order valence-corrected chi connectivity index (χ1v) is 11.0. The van der Waals surface area contributed by atoms with E-state index < -0.39 is 6.10 Å². The summed E-state index contributed by atoms with van der Waals surface area (Å²) in [7, 11) is 1.79. The second kappa shape index (κ2) is 10.1. The zero-order chi connectivity index (χ0) is 22.4. The predicted octanol–water partition coefficient (Wildman–Crippen LogP) is 2.42. The van der Waals surface area contributed by atoms with Crippen LogP contribution in [0, 0.1) is 6.92 Å². The fourth-order valence-electron chi connectivity index (χ4n) is 4.62. The SMILES string of the molecule is CC(=O)NC[C@]1(c2ccccc2)CC[C@@H](O)[C@H](N(C)C(=O)CCn2ccc(C)n2)CC1. The average Bonchev–Trinajstić information content (AvgIpc) is 3.10. The number of nitrogens with one attached hydrogen (secondary N) is 1. The fourth-order valence-corrected chi connectivity index (χ4v) is 4.62. The molecule has 1 heterocycles. The summed E-state index contributed by atoms with van der Waals surface area (Å²) in [6, 6.07) is 11.9. The van der Waals surface area contributed by atoms with Crippen LogP contribution in [-0.4, -0.2) is 57.3 Å². The third-order valence-electron chi connectivity index (χ3n) is 6.56. The molecule has 7 nitrogen and oxygen atoms in total. The van der Waals surface area contributed by atoms with Crippen LogP contribution in [0.25, 0.3) is 0 Å². The van der Waals surface area contributed by atoms with E-state index in [1.165, 1.54) is 12.5 Å². The Bertz CT molecular complexity index is 882. The van der Waals surface area contributed by atoms with E-state index >= 15 is 0 Å². The predicted molar refractivity (Wildman–Crippen MR) is 119 cm³/mol. The zero-order valence-electron chi connectivity index (χ0n) is 18.8. The van der Waals surface area contributed by atoms with Gasteiger partial charge in [0.2, 0.25) is 11.8 Å². The maximum atomic E-state index is 12.8. The molecule has 0 spiro atoms. The van der Waals surface area contributed by atoms with Gasteiger partial charge in [0.25, 0.3) is 0 Å². The van der Waals surface area contributed by atoms with Crippen molar-refractivity contribution in [1.82, 2.24) is 20.0 Å². The number of amides is 2. The minimum atomic E-state index is -0.594. The summed E-state index contributed by atoms with van der Waals surface area (Å²) in [5.41, 5.74) is 1.84. The summed E-state index contributed by atoms with van der Waals surface area (Å²) in [5.74, 6) is -0.0518. The normalized spacial score (nSPS) is 23.7. The molecule has 2 amide bonds. The van der Waals surface area contributed by atoms with Gasteiger partial charge >= 0.3 is 0 Å². The maximum absolute atomic E-state index is 12.8. The monoisotopic (exact) mass is 426 g/mol. The van der Waals surface area contributed by atoms with Crippen LogP contribution >= 0.6 is 0 Å². The largest absolute Gasteiger partial charge is 0.391 e. The number of carbonyl (C=O) groups is 2. The minimum absolute atomic E-state index is 0.00581. The van der Waals surface area contributed by atoms with E-state index in [0.717, 1.165) is 18.5 Å². The molecule has 2 aromatic rings. The molecule has 168 valence electrons. The van der Waals surface area contributed by atoms with Gasteiger partial charge < -0.3 is 15.3 Å². The summed E-state index contributed by atoms with van der Waals surface area (Å²) in [6.07, 6.45) is 4.42. The van der Waals surface area contributed by atoms with E-state index in [2.05, 4.69) is 22.5 Å². The summed E-state index contributed by atoms with van der Waals surface area (Å²) in [4.78, 5) is 26.2. The van der Waals surface area contributed by atoms with E-state index in [1.54, 1.807) is 16.6 Å². The molecule has 0 radical (unpaired) electrons. The van der Waals surface area contributed by atoms with Crippen LogP contribution in [-0.2, 0) is 21.5 Å². The maximum Gasteiger partial charge on any atom is 0.224 e. The van der Waals surface area contributed by atoms with Crippen molar-refractivity contribution >= 4 is 11.8 Å². The van der Waals surface area contributed by atoms with Gasteiger partial charge in [-0.05, 0) is 44.2 Å². The number of aliphatic hydroxyl groups is 1. The molecule has 1 aromatic carbocycles. The first kappa shape index (κ1) is 23.0. The molecule has 7 heteroatoms. The number of aliphatic hydroxyl groups excluding tert-OH is 1. The van der Waals surface area contributed by atoms with Crippen LogP contribution in [0.2, 0.25) is 0 Å². The number of carbonyl (C=O) groups excluding carboxylic acids is 2. The third kappa shape index (κ3) is 5.73. The minimum Gasteiger partial charge on any atom is -0.391 e. The Morgan fingerprint density at radius 3 is 2.58 bits per heavy atom. The quantitative estimate of drug-likeness (QED) is 0.666. The number of aryl methyl sites for hydroxylation is 2. The van der Waals surface area contributed by atoms with Crippen molar-refractivity contribution in [3.63, 3.8) is 0 Å². The summed E-state index contributed by atoms with van der Waals surface area (Å²) in [5, 5.41) is 18.2. The van der Waals surface area contributed by atoms with Gasteiger partial charge in [-0.1, -0.05) is 30.3 Å². The number of aromatic nitrogens is 2.